The van der Waals surface area contributed by atoms with Crippen LogP contribution >= 0.6 is 22.9 Å². The molecule has 7 heteroatoms. The van der Waals surface area contributed by atoms with Crippen molar-refractivity contribution in [2.24, 2.45) is 0 Å². The van der Waals surface area contributed by atoms with E-state index < -0.39 is 0 Å². The van der Waals surface area contributed by atoms with Gasteiger partial charge in [-0.1, -0.05) is 29.8 Å². The summed E-state index contributed by atoms with van der Waals surface area (Å²) in [5, 5.41) is 16.5. The molecule has 0 aliphatic rings. The highest BCUT2D eigenvalue weighted by Gasteiger charge is 2.08. The number of halogens is 1. The number of aryl methyl sites for hydroxylation is 2. The Bertz CT molecular complexity index is 1030. The van der Waals surface area contributed by atoms with E-state index >= 15 is 0 Å². The van der Waals surface area contributed by atoms with Crippen molar-refractivity contribution in [1.29, 1.82) is 5.26 Å². The minimum Gasteiger partial charge on any atom is -0.307 e. The molecule has 0 bridgehead atoms. The van der Waals surface area contributed by atoms with Crippen LogP contribution in [0.15, 0.2) is 48.5 Å². The van der Waals surface area contributed by atoms with Crippen LogP contribution in [0.5, 0.6) is 0 Å². The second-order valence-electron chi connectivity index (χ2n) is 5.81. The van der Waals surface area contributed by atoms with Crippen molar-refractivity contribution in [3.63, 3.8) is 0 Å². The van der Waals surface area contributed by atoms with Gasteiger partial charge in [-0.2, -0.15) is 10.4 Å². The summed E-state index contributed by atoms with van der Waals surface area (Å²) in [6.45, 7) is 2.28. The third-order valence-electron chi connectivity index (χ3n) is 3.75. The lowest BCUT2D eigenvalue weighted by Gasteiger charge is -2.05. The number of rotatable bonds is 6. The number of amides is 1. The van der Waals surface area contributed by atoms with Gasteiger partial charge in [0.15, 0.2) is 0 Å². The Morgan fingerprint density at radius 2 is 2.19 bits per heavy atom. The van der Waals surface area contributed by atoms with Gasteiger partial charge in [-0.3, -0.25) is 4.79 Å². The highest BCUT2D eigenvalue weighted by Crippen LogP contribution is 2.33. The highest BCUT2D eigenvalue weighted by molar-refractivity contribution is 7.16. The molecule has 0 saturated heterocycles. The molecule has 0 atom stereocenters. The number of nitrogens with zero attached hydrogens (tertiary/aromatic N) is 3. The summed E-state index contributed by atoms with van der Waals surface area (Å²) in [6, 6.07) is 15.5. The van der Waals surface area contributed by atoms with E-state index in [1.807, 2.05) is 43.3 Å². The van der Waals surface area contributed by atoms with Crippen molar-refractivity contribution < 1.29 is 4.79 Å². The number of hydrogen-bond acceptors (Lipinski definition) is 4. The van der Waals surface area contributed by atoms with Gasteiger partial charge in [0.1, 0.15) is 5.82 Å². The van der Waals surface area contributed by atoms with E-state index in [0.29, 0.717) is 23.8 Å². The second-order valence-corrected chi connectivity index (χ2v) is 7.33. The van der Waals surface area contributed by atoms with Gasteiger partial charge in [-0.05, 0) is 31.2 Å². The summed E-state index contributed by atoms with van der Waals surface area (Å²) in [7, 11) is 0. The third-order valence-corrected chi connectivity index (χ3v) is 5.17. The molecule has 0 aliphatic carbocycles. The van der Waals surface area contributed by atoms with Gasteiger partial charge >= 0.3 is 0 Å². The fourth-order valence-electron chi connectivity index (χ4n) is 2.55. The van der Waals surface area contributed by atoms with Gasteiger partial charge < -0.3 is 5.32 Å². The lowest BCUT2D eigenvalue weighted by atomic mass is 10.2. The zero-order valence-electron chi connectivity index (χ0n) is 14.6. The van der Waals surface area contributed by atoms with Gasteiger partial charge in [0, 0.05) is 32.5 Å². The first-order chi connectivity index (χ1) is 13.1. The zero-order valence-corrected chi connectivity index (χ0v) is 16.2. The summed E-state index contributed by atoms with van der Waals surface area (Å²) < 4.78 is 1.63. The van der Waals surface area contributed by atoms with E-state index in [1.54, 1.807) is 28.2 Å². The molecule has 1 amide bonds. The number of aromatic nitrogens is 2. The number of carbonyl (C=O) groups is 1. The third kappa shape index (κ3) is 4.85. The number of benzene rings is 1. The van der Waals surface area contributed by atoms with Crippen molar-refractivity contribution in [3.8, 4) is 16.5 Å². The Morgan fingerprint density at radius 3 is 2.96 bits per heavy atom. The molecule has 2 heterocycles. The number of nitrogens with one attached hydrogen (secondary N) is 1. The van der Waals surface area contributed by atoms with E-state index in [-0.39, 0.29) is 5.91 Å². The maximum atomic E-state index is 12.2. The van der Waals surface area contributed by atoms with E-state index in [0.717, 1.165) is 21.0 Å². The van der Waals surface area contributed by atoms with Crippen molar-refractivity contribution in [2.45, 2.75) is 19.9 Å². The molecule has 27 heavy (non-hydrogen) atoms. The molecule has 0 fully saturated rings. The Kier molecular flexibility index (Phi) is 6.07. The fraction of sp³-hybridized carbons (Fsp3) is 0.150. The summed E-state index contributed by atoms with van der Waals surface area (Å²) >= 11 is 7.80. The average molecular weight is 397 g/mol. The fourth-order valence-corrected chi connectivity index (χ4v) is 3.79. The molecule has 0 spiro atoms. The minimum absolute atomic E-state index is 0.249. The van der Waals surface area contributed by atoms with Crippen LogP contribution in [0.3, 0.4) is 0 Å². The van der Waals surface area contributed by atoms with Crippen molar-refractivity contribution >= 4 is 40.7 Å². The van der Waals surface area contributed by atoms with Crippen molar-refractivity contribution in [3.05, 3.63) is 64.1 Å². The molecule has 0 saturated carbocycles. The number of carbonyl (C=O) groups excluding carboxylic acids is 1. The number of hydrogen-bond donors (Lipinski definition) is 1. The lowest BCUT2D eigenvalue weighted by Crippen LogP contribution is -2.13. The normalized spacial score (nSPS) is 10.9. The summed E-state index contributed by atoms with van der Waals surface area (Å²) in [5.74, 6) is 0.334. The average Bonchev–Trinajstić information content (AvgIpc) is 3.25. The van der Waals surface area contributed by atoms with Crippen molar-refractivity contribution in [2.75, 3.05) is 5.32 Å². The molecule has 0 radical (unpaired) electrons. The van der Waals surface area contributed by atoms with Crippen LogP contribution in [0.2, 0.25) is 5.02 Å². The van der Waals surface area contributed by atoms with Crippen LogP contribution in [-0.2, 0) is 11.3 Å². The first-order valence-corrected chi connectivity index (χ1v) is 9.51. The molecule has 2 aromatic heterocycles. The predicted molar refractivity (Wildman–Crippen MR) is 110 cm³/mol. The van der Waals surface area contributed by atoms with Gasteiger partial charge in [0.25, 0.3) is 0 Å². The van der Waals surface area contributed by atoms with Crippen molar-refractivity contribution in [1.82, 2.24) is 9.78 Å². The molecule has 0 aliphatic heterocycles. The largest absolute Gasteiger partial charge is 0.307 e. The van der Waals surface area contributed by atoms with E-state index in [2.05, 4.69) is 16.5 Å². The van der Waals surface area contributed by atoms with Crippen LogP contribution < -0.4 is 5.32 Å². The first-order valence-electron chi connectivity index (χ1n) is 8.32. The molecule has 1 aromatic carbocycles. The van der Waals surface area contributed by atoms with E-state index in [4.69, 9.17) is 16.9 Å². The Balaban J connectivity index is 1.68. The Labute approximate surface area is 166 Å². The van der Waals surface area contributed by atoms with Crippen LogP contribution in [-0.4, -0.2) is 15.7 Å². The molecule has 1 N–H and O–H groups in total. The minimum atomic E-state index is -0.249. The molecule has 3 aromatic rings. The van der Waals surface area contributed by atoms with Crippen LogP contribution in [0.4, 0.5) is 5.82 Å². The molecular formula is C20H17ClN4OS. The van der Waals surface area contributed by atoms with Crippen LogP contribution in [0.25, 0.3) is 16.5 Å². The van der Waals surface area contributed by atoms with E-state index in [9.17, 15) is 4.79 Å². The van der Waals surface area contributed by atoms with E-state index in [1.165, 1.54) is 6.08 Å². The predicted octanol–water partition coefficient (Wildman–Crippen LogP) is 5.14. The zero-order chi connectivity index (χ0) is 19.2. The number of anilines is 1. The maximum Gasteiger partial charge on any atom is 0.249 e. The molecular weight excluding hydrogens is 380 g/mol. The first kappa shape index (κ1) is 18.9. The summed E-state index contributed by atoms with van der Waals surface area (Å²) in [5.41, 5.74) is 1.76. The quantitative estimate of drug-likeness (QED) is 0.586. The van der Waals surface area contributed by atoms with Gasteiger partial charge in [-0.25, -0.2) is 4.68 Å². The van der Waals surface area contributed by atoms with Gasteiger partial charge in [0.2, 0.25) is 5.91 Å². The molecule has 5 nitrogen and oxygen atoms in total. The molecule has 3 rings (SSSR count). The summed E-state index contributed by atoms with van der Waals surface area (Å²) in [4.78, 5) is 14.2. The van der Waals surface area contributed by atoms with Gasteiger partial charge in [-0.15, -0.1) is 11.3 Å². The maximum absolute atomic E-state index is 12.2. The highest BCUT2D eigenvalue weighted by atomic mass is 35.5. The molecule has 136 valence electrons. The monoisotopic (exact) mass is 396 g/mol. The standard InChI is InChI=1S/C20H17ClN4OS/c1-14-13-19(25(24-14)12-4-11-22)23-20(26)10-8-15-7-9-18(27-15)16-5-2-3-6-17(16)21/h2-3,5-10,13H,4,12H2,1H3,(H,23,26)/b10-8+. The summed E-state index contributed by atoms with van der Waals surface area (Å²) in [6.07, 6.45) is 3.59. The topological polar surface area (TPSA) is 70.7 Å². The lowest BCUT2D eigenvalue weighted by molar-refractivity contribution is -0.111. The van der Waals surface area contributed by atoms with Crippen LogP contribution in [0.1, 0.15) is 17.0 Å². The Hall–Kier alpha value is -2.88. The van der Waals surface area contributed by atoms with Gasteiger partial charge in [0.05, 0.1) is 24.7 Å². The van der Waals surface area contributed by atoms with Crippen LogP contribution in [0, 0.1) is 18.3 Å². The second kappa shape index (κ2) is 8.67. The smallest absolute Gasteiger partial charge is 0.249 e. The Morgan fingerprint density at radius 1 is 1.37 bits per heavy atom. The molecule has 0 unspecified atom stereocenters. The number of nitriles is 1. The SMILES string of the molecule is Cc1cc(NC(=O)/C=C/c2ccc(-c3ccccc3Cl)s2)n(CCC#N)n1. The number of thiophene rings is 1.